The number of nitrogens with one attached hydrogen (secondary N) is 1. The lowest BCUT2D eigenvalue weighted by Gasteiger charge is -2.32. The van der Waals surface area contributed by atoms with E-state index < -0.39 is 0 Å². The number of nitrogens with zero attached hydrogens (tertiary/aromatic N) is 1. The van der Waals surface area contributed by atoms with Crippen LogP contribution in [0.15, 0.2) is 24.3 Å². The molecule has 3 nitrogen and oxygen atoms in total. The van der Waals surface area contributed by atoms with Crippen LogP contribution >= 0.6 is 0 Å². The van der Waals surface area contributed by atoms with E-state index in [4.69, 9.17) is 4.74 Å². The molecule has 1 aromatic rings. The van der Waals surface area contributed by atoms with Crippen LogP contribution in [0.5, 0.6) is 0 Å². The Morgan fingerprint density at radius 2 is 2.24 bits per heavy atom. The molecular formula is C18H28N2O. The predicted molar refractivity (Wildman–Crippen MR) is 87.7 cm³/mol. The van der Waals surface area contributed by atoms with Crippen LogP contribution in [0.25, 0.3) is 0 Å². The van der Waals surface area contributed by atoms with Gasteiger partial charge in [-0.05, 0) is 30.4 Å². The Balaban J connectivity index is 1.80. The van der Waals surface area contributed by atoms with Gasteiger partial charge in [0.15, 0.2) is 0 Å². The number of ether oxygens (including phenoxy) is 1. The van der Waals surface area contributed by atoms with Gasteiger partial charge in [0.25, 0.3) is 0 Å². The van der Waals surface area contributed by atoms with Crippen LogP contribution in [-0.4, -0.2) is 31.8 Å². The SMILES string of the molecule is CCC(C)C1CN(CC2CCCO2)c2ccccc2CN1. The highest BCUT2D eigenvalue weighted by Gasteiger charge is 2.27. The molecule has 0 amide bonds. The van der Waals surface area contributed by atoms with Gasteiger partial charge in [-0.3, -0.25) is 0 Å². The molecule has 2 aliphatic heterocycles. The molecule has 1 saturated heterocycles. The van der Waals surface area contributed by atoms with Gasteiger partial charge in [0.05, 0.1) is 6.10 Å². The second kappa shape index (κ2) is 6.80. The standard InChI is InChI=1S/C18H28N2O/c1-3-14(2)17-13-20(12-16-8-6-10-21-16)18-9-5-4-7-15(18)11-19-17/h4-5,7,9,14,16-17,19H,3,6,8,10-13H2,1-2H3. The molecule has 116 valence electrons. The number of fused-ring (bicyclic) bond motifs is 1. The second-order valence-electron chi connectivity index (χ2n) is 6.54. The maximum absolute atomic E-state index is 5.87. The fourth-order valence-electron chi connectivity index (χ4n) is 3.48. The van der Waals surface area contributed by atoms with Crippen LogP contribution in [0, 0.1) is 5.92 Å². The molecule has 3 atom stereocenters. The van der Waals surface area contributed by atoms with Gasteiger partial charge in [-0.25, -0.2) is 0 Å². The third-order valence-electron chi connectivity index (χ3n) is 5.08. The predicted octanol–water partition coefficient (Wildman–Crippen LogP) is 3.19. The molecule has 0 spiro atoms. The molecule has 21 heavy (non-hydrogen) atoms. The van der Waals surface area contributed by atoms with Crippen LogP contribution in [0.2, 0.25) is 0 Å². The minimum Gasteiger partial charge on any atom is -0.376 e. The van der Waals surface area contributed by atoms with Crippen molar-refractivity contribution in [1.82, 2.24) is 5.32 Å². The summed E-state index contributed by atoms with van der Waals surface area (Å²) in [5, 5.41) is 3.76. The average molecular weight is 288 g/mol. The molecule has 1 aromatic carbocycles. The van der Waals surface area contributed by atoms with Gasteiger partial charge >= 0.3 is 0 Å². The second-order valence-corrected chi connectivity index (χ2v) is 6.54. The summed E-state index contributed by atoms with van der Waals surface area (Å²) >= 11 is 0. The van der Waals surface area contributed by atoms with Crippen molar-refractivity contribution in [2.75, 3.05) is 24.6 Å². The molecule has 3 heteroatoms. The first-order chi connectivity index (χ1) is 10.3. The molecule has 0 saturated carbocycles. The zero-order valence-corrected chi connectivity index (χ0v) is 13.3. The monoisotopic (exact) mass is 288 g/mol. The Hall–Kier alpha value is -1.06. The summed E-state index contributed by atoms with van der Waals surface area (Å²) in [6, 6.07) is 9.39. The lowest BCUT2D eigenvalue weighted by molar-refractivity contribution is 0.115. The van der Waals surface area contributed by atoms with Gasteiger partial charge in [0, 0.05) is 38.0 Å². The molecule has 3 unspecified atom stereocenters. The van der Waals surface area contributed by atoms with Crippen molar-refractivity contribution >= 4 is 5.69 Å². The highest BCUT2D eigenvalue weighted by molar-refractivity contribution is 5.54. The Morgan fingerprint density at radius 1 is 1.38 bits per heavy atom. The number of para-hydroxylation sites is 1. The molecule has 0 radical (unpaired) electrons. The molecule has 2 aliphatic rings. The summed E-state index contributed by atoms with van der Waals surface area (Å²) < 4.78 is 5.87. The molecule has 0 aromatic heterocycles. The van der Waals surface area contributed by atoms with E-state index >= 15 is 0 Å². The van der Waals surface area contributed by atoms with Gasteiger partial charge in [-0.2, -0.15) is 0 Å². The molecule has 1 N–H and O–H groups in total. The van der Waals surface area contributed by atoms with Crippen LogP contribution in [0.4, 0.5) is 5.69 Å². The summed E-state index contributed by atoms with van der Waals surface area (Å²) in [6.07, 6.45) is 4.06. The lowest BCUT2D eigenvalue weighted by atomic mass is 9.98. The number of benzene rings is 1. The van der Waals surface area contributed by atoms with Crippen molar-refractivity contribution in [3.05, 3.63) is 29.8 Å². The van der Waals surface area contributed by atoms with Crippen molar-refractivity contribution in [3.63, 3.8) is 0 Å². The Kier molecular flexibility index (Phi) is 4.81. The summed E-state index contributed by atoms with van der Waals surface area (Å²) in [7, 11) is 0. The summed E-state index contributed by atoms with van der Waals surface area (Å²) in [5.41, 5.74) is 2.81. The zero-order valence-electron chi connectivity index (χ0n) is 13.3. The first-order valence-electron chi connectivity index (χ1n) is 8.45. The quantitative estimate of drug-likeness (QED) is 0.921. The highest BCUT2D eigenvalue weighted by atomic mass is 16.5. The van der Waals surface area contributed by atoms with E-state index in [1.54, 1.807) is 0 Å². The summed E-state index contributed by atoms with van der Waals surface area (Å²) in [4.78, 5) is 2.56. The normalized spacial score (nSPS) is 27.2. The van der Waals surface area contributed by atoms with Crippen LogP contribution in [0.3, 0.4) is 0 Å². The van der Waals surface area contributed by atoms with Crippen molar-refractivity contribution in [2.24, 2.45) is 5.92 Å². The number of anilines is 1. The van der Waals surface area contributed by atoms with Crippen molar-refractivity contribution in [3.8, 4) is 0 Å². The molecule has 2 heterocycles. The summed E-state index contributed by atoms with van der Waals surface area (Å²) in [5.74, 6) is 0.700. The van der Waals surface area contributed by atoms with Crippen LogP contribution in [0.1, 0.15) is 38.7 Å². The Bertz CT molecular complexity index is 456. The third kappa shape index (κ3) is 3.41. The minimum atomic E-state index is 0.411. The van der Waals surface area contributed by atoms with Crippen LogP contribution in [-0.2, 0) is 11.3 Å². The molecule has 0 bridgehead atoms. The van der Waals surface area contributed by atoms with Crippen molar-refractivity contribution in [1.29, 1.82) is 0 Å². The third-order valence-corrected chi connectivity index (χ3v) is 5.08. The summed E-state index contributed by atoms with van der Waals surface area (Å²) in [6.45, 7) is 8.69. The lowest BCUT2D eigenvalue weighted by Crippen LogP contribution is -2.44. The largest absolute Gasteiger partial charge is 0.376 e. The van der Waals surface area contributed by atoms with Crippen molar-refractivity contribution < 1.29 is 4.74 Å². The van der Waals surface area contributed by atoms with Crippen LogP contribution < -0.4 is 10.2 Å². The van der Waals surface area contributed by atoms with E-state index in [0.717, 1.165) is 26.2 Å². The average Bonchev–Trinajstić information content (AvgIpc) is 2.95. The van der Waals surface area contributed by atoms with Gasteiger partial charge in [0.1, 0.15) is 0 Å². The van der Waals surface area contributed by atoms with E-state index in [1.165, 1.54) is 30.5 Å². The van der Waals surface area contributed by atoms with E-state index in [1.807, 2.05) is 0 Å². The Morgan fingerprint density at radius 3 is 3.00 bits per heavy atom. The fraction of sp³-hybridized carbons (Fsp3) is 0.667. The molecule has 1 fully saturated rings. The van der Waals surface area contributed by atoms with Crippen molar-refractivity contribution in [2.45, 2.75) is 51.8 Å². The zero-order chi connectivity index (χ0) is 14.7. The highest BCUT2D eigenvalue weighted by Crippen LogP contribution is 2.27. The Labute approximate surface area is 128 Å². The smallest absolute Gasteiger partial charge is 0.0750 e. The van der Waals surface area contributed by atoms with E-state index in [2.05, 4.69) is 48.3 Å². The van der Waals surface area contributed by atoms with E-state index in [-0.39, 0.29) is 0 Å². The van der Waals surface area contributed by atoms with E-state index in [9.17, 15) is 0 Å². The topological polar surface area (TPSA) is 24.5 Å². The number of hydrogen-bond acceptors (Lipinski definition) is 3. The molecular weight excluding hydrogens is 260 g/mol. The maximum Gasteiger partial charge on any atom is 0.0750 e. The number of rotatable bonds is 4. The van der Waals surface area contributed by atoms with Gasteiger partial charge in [-0.15, -0.1) is 0 Å². The van der Waals surface area contributed by atoms with Gasteiger partial charge < -0.3 is 15.0 Å². The fourth-order valence-corrected chi connectivity index (χ4v) is 3.48. The first kappa shape index (κ1) is 14.9. The molecule has 3 rings (SSSR count). The molecule has 0 aliphatic carbocycles. The first-order valence-corrected chi connectivity index (χ1v) is 8.45. The minimum absolute atomic E-state index is 0.411. The van der Waals surface area contributed by atoms with Gasteiger partial charge in [-0.1, -0.05) is 38.5 Å². The number of hydrogen-bond donors (Lipinski definition) is 1. The maximum atomic E-state index is 5.87. The van der Waals surface area contributed by atoms with Gasteiger partial charge in [0.2, 0.25) is 0 Å². The van der Waals surface area contributed by atoms with E-state index in [0.29, 0.717) is 18.1 Å².